The minimum atomic E-state index is -0.722. The number of hydrogen-bond donors (Lipinski definition) is 2. The van der Waals surface area contributed by atoms with Crippen LogP contribution in [0.25, 0.3) is 43.8 Å². The Morgan fingerprint density at radius 3 is 1.52 bits per heavy atom. The molecule has 7 rings (SSSR count). The first kappa shape index (κ1) is 26.5. The zero-order valence-corrected chi connectivity index (χ0v) is 23.9. The standard InChI is InChI=1S/C21H21NO.C16H11Br/c23-21(12-3-13-22-15-21)20-10-8-17(9-11-20)19-7-6-16-4-1-2-5-18(16)14-19;17-16-9-7-13(8-10-16)15-6-5-12-3-1-2-4-14(12)11-15/h1-2,4-11,14,22-23H,3,12-13,15H2;1-11H. The highest BCUT2D eigenvalue weighted by Gasteiger charge is 2.30. The number of nitrogens with one attached hydrogen (secondary N) is 1. The second-order valence-electron chi connectivity index (χ2n) is 10.5. The molecule has 1 saturated heterocycles. The van der Waals surface area contributed by atoms with Gasteiger partial charge in [-0.3, -0.25) is 0 Å². The van der Waals surface area contributed by atoms with Gasteiger partial charge in [-0.25, -0.2) is 0 Å². The summed E-state index contributed by atoms with van der Waals surface area (Å²) in [6.45, 7) is 1.64. The van der Waals surface area contributed by atoms with Crippen LogP contribution in [0.5, 0.6) is 0 Å². The van der Waals surface area contributed by atoms with Gasteiger partial charge in [0, 0.05) is 11.0 Å². The van der Waals surface area contributed by atoms with E-state index in [1.807, 2.05) is 0 Å². The van der Waals surface area contributed by atoms with Crippen molar-refractivity contribution in [3.63, 3.8) is 0 Å². The van der Waals surface area contributed by atoms with Gasteiger partial charge in [-0.1, -0.05) is 125 Å². The minimum Gasteiger partial charge on any atom is -0.384 e. The van der Waals surface area contributed by atoms with Crippen LogP contribution in [0.2, 0.25) is 0 Å². The van der Waals surface area contributed by atoms with Gasteiger partial charge >= 0.3 is 0 Å². The first-order valence-electron chi connectivity index (χ1n) is 13.9. The molecule has 0 aliphatic carbocycles. The average molecular weight is 587 g/mol. The van der Waals surface area contributed by atoms with Crippen LogP contribution in [-0.2, 0) is 5.60 Å². The van der Waals surface area contributed by atoms with E-state index in [1.54, 1.807) is 0 Å². The highest BCUT2D eigenvalue weighted by atomic mass is 79.9. The fourth-order valence-corrected chi connectivity index (χ4v) is 5.75. The maximum Gasteiger partial charge on any atom is 0.102 e. The number of hydrogen-bond acceptors (Lipinski definition) is 2. The molecule has 1 heterocycles. The predicted octanol–water partition coefficient (Wildman–Crippen LogP) is 9.35. The second kappa shape index (κ2) is 11.8. The summed E-state index contributed by atoms with van der Waals surface area (Å²) in [6, 6.07) is 46.8. The second-order valence-corrected chi connectivity index (χ2v) is 11.4. The normalized spacial score (nSPS) is 16.9. The van der Waals surface area contributed by atoms with E-state index in [0.717, 1.165) is 29.4 Å². The van der Waals surface area contributed by atoms with E-state index in [-0.39, 0.29) is 0 Å². The lowest BCUT2D eigenvalue weighted by molar-refractivity contribution is 0.0123. The maximum absolute atomic E-state index is 10.8. The number of fused-ring (bicyclic) bond motifs is 2. The van der Waals surface area contributed by atoms with Gasteiger partial charge < -0.3 is 10.4 Å². The van der Waals surface area contributed by atoms with E-state index >= 15 is 0 Å². The first-order valence-corrected chi connectivity index (χ1v) is 14.6. The smallest absolute Gasteiger partial charge is 0.102 e. The molecule has 0 radical (unpaired) electrons. The van der Waals surface area contributed by atoms with Gasteiger partial charge in [0.15, 0.2) is 0 Å². The number of benzene rings is 6. The Bertz CT molecular complexity index is 1740. The predicted molar refractivity (Wildman–Crippen MR) is 172 cm³/mol. The molecule has 40 heavy (non-hydrogen) atoms. The molecule has 1 aliphatic rings. The number of rotatable bonds is 3. The van der Waals surface area contributed by atoms with Gasteiger partial charge in [-0.15, -0.1) is 0 Å². The van der Waals surface area contributed by atoms with Crippen molar-refractivity contribution in [1.29, 1.82) is 0 Å². The lowest BCUT2D eigenvalue weighted by Gasteiger charge is -2.33. The third-order valence-corrected chi connectivity index (χ3v) is 8.32. The highest BCUT2D eigenvalue weighted by molar-refractivity contribution is 9.10. The Hall–Kier alpha value is -3.76. The van der Waals surface area contributed by atoms with Crippen molar-refractivity contribution < 1.29 is 5.11 Å². The highest BCUT2D eigenvalue weighted by Crippen LogP contribution is 2.31. The van der Waals surface area contributed by atoms with Gasteiger partial charge in [0.2, 0.25) is 0 Å². The van der Waals surface area contributed by atoms with E-state index in [2.05, 4.69) is 155 Å². The van der Waals surface area contributed by atoms with Crippen molar-refractivity contribution in [2.45, 2.75) is 18.4 Å². The Labute approximate surface area is 244 Å². The van der Waals surface area contributed by atoms with E-state index in [9.17, 15) is 5.11 Å². The van der Waals surface area contributed by atoms with Gasteiger partial charge in [0.25, 0.3) is 0 Å². The molecule has 0 amide bonds. The molecule has 1 atom stereocenters. The number of piperidine rings is 1. The van der Waals surface area contributed by atoms with Crippen molar-refractivity contribution in [3.05, 3.63) is 143 Å². The maximum atomic E-state index is 10.8. The Kier molecular flexibility index (Phi) is 7.79. The average Bonchev–Trinajstić information content (AvgIpc) is 3.02. The molecule has 6 aromatic carbocycles. The summed E-state index contributed by atoms with van der Waals surface area (Å²) in [7, 11) is 0. The van der Waals surface area contributed by atoms with Gasteiger partial charge in [0.05, 0.1) is 0 Å². The van der Waals surface area contributed by atoms with Crippen LogP contribution in [0.3, 0.4) is 0 Å². The zero-order chi connectivity index (χ0) is 27.4. The third kappa shape index (κ3) is 5.88. The largest absolute Gasteiger partial charge is 0.384 e. The summed E-state index contributed by atoms with van der Waals surface area (Å²) in [5.74, 6) is 0. The van der Waals surface area contributed by atoms with E-state index in [0.29, 0.717) is 6.54 Å². The fourth-order valence-electron chi connectivity index (χ4n) is 5.49. The SMILES string of the molecule is Brc1ccc(-c2ccc3ccccc3c2)cc1.OC1(c2ccc(-c3ccc4ccccc4c3)cc2)CCCNC1. The molecule has 0 spiro atoms. The van der Waals surface area contributed by atoms with Crippen LogP contribution in [0.1, 0.15) is 18.4 Å². The number of aliphatic hydroxyl groups is 1. The topological polar surface area (TPSA) is 32.3 Å². The zero-order valence-electron chi connectivity index (χ0n) is 22.4. The van der Waals surface area contributed by atoms with Crippen LogP contribution >= 0.6 is 15.9 Å². The summed E-state index contributed by atoms with van der Waals surface area (Å²) >= 11 is 3.46. The lowest BCUT2D eigenvalue weighted by atomic mass is 9.86. The monoisotopic (exact) mass is 585 g/mol. The molecular formula is C37H32BrNO. The number of β-amino-alcohol motifs (C(OH)–C–C–N with tert-alkyl or cyclic N) is 1. The van der Waals surface area contributed by atoms with Crippen LogP contribution < -0.4 is 5.32 Å². The van der Waals surface area contributed by atoms with Gasteiger partial charge in [-0.05, 0) is 93.0 Å². The van der Waals surface area contributed by atoms with Crippen LogP contribution in [-0.4, -0.2) is 18.2 Å². The summed E-state index contributed by atoms with van der Waals surface area (Å²) in [6.07, 6.45) is 1.85. The van der Waals surface area contributed by atoms with Crippen molar-refractivity contribution in [2.75, 3.05) is 13.1 Å². The minimum absolute atomic E-state index is 0.641. The fraction of sp³-hybridized carbons (Fsp3) is 0.135. The van der Waals surface area contributed by atoms with Crippen LogP contribution in [0, 0.1) is 0 Å². The Morgan fingerprint density at radius 2 is 1.02 bits per heavy atom. The van der Waals surface area contributed by atoms with E-state index in [4.69, 9.17) is 0 Å². The van der Waals surface area contributed by atoms with Crippen molar-refractivity contribution in [2.24, 2.45) is 0 Å². The lowest BCUT2D eigenvalue weighted by Crippen LogP contribution is -2.43. The van der Waals surface area contributed by atoms with E-state index in [1.165, 1.54) is 43.8 Å². The van der Waals surface area contributed by atoms with Crippen molar-refractivity contribution in [3.8, 4) is 22.3 Å². The molecule has 0 aromatic heterocycles. The molecule has 0 saturated carbocycles. The van der Waals surface area contributed by atoms with Crippen LogP contribution in [0.4, 0.5) is 0 Å². The van der Waals surface area contributed by atoms with Crippen LogP contribution in [0.15, 0.2) is 138 Å². The molecule has 6 aromatic rings. The number of halogens is 1. The van der Waals surface area contributed by atoms with Gasteiger partial charge in [0.1, 0.15) is 5.60 Å². The Morgan fingerprint density at radius 1 is 0.550 bits per heavy atom. The summed E-state index contributed by atoms with van der Waals surface area (Å²) in [5, 5.41) is 19.2. The molecule has 198 valence electrons. The first-order chi connectivity index (χ1) is 19.6. The van der Waals surface area contributed by atoms with E-state index < -0.39 is 5.60 Å². The Balaban J connectivity index is 0.000000151. The molecule has 0 bridgehead atoms. The molecule has 3 heteroatoms. The summed E-state index contributed by atoms with van der Waals surface area (Å²) in [4.78, 5) is 0. The molecule has 2 nitrogen and oxygen atoms in total. The third-order valence-electron chi connectivity index (χ3n) is 7.79. The molecule has 1 aliphatic heterocycles. The van der Waals surface area contributed by atoms with Gasteiger partial charge in [-0.2, -0.15) is 0 Å². The molecule has 1 unspecified atom stereocenters. The quantitative estimate of drug-likeness (QED) is 0.217. The van der Waals surface area contributed by atoms with Crippen molar-refractivity contribution in [1.82, 2.24) is 5.32 Å². The summed E-state index contributed by atoms with van der Waals surface area (Å²) < 4.78 is 1.11. The molecule has 2 N–H and O–H groups in total. The molecule has 1 fully saturated rings. The summed E-state index contributed by atoms with van der Waals surface area (Å²) in [5.41, 5.74) is 5.19. The molecular weight excluding hydrogens is 554 g/mol. The van der Waals surface area contributed by atoms with Crippen molar-refractivity contribution >= 4 is 37.5 Å².